The molecule has 0 saturated carbocycles. The number of hydrogen-bond donors (Lipinski definition) is 2. The normalized spacial score (nSPS) is 17.2. The van der Waals surface area contributed by atoms with Crippen LogP contribution in [0.3, 0.4) is 0 Å². The lowest BCUT2D eigenvalue weighted by Gasteiger charge is -2.27. The molecule has 31 heavy (non-hydrogen) atoms. The van der Waals surface area contributed by atoms with Crippen molar-refractivity contribution < 1.29 is 4.79 Å². The van der Waals surface area contributed by atoms with E-state index < -0.39 is 0 Å². The van der Waals surface area contributed by atoms with Crippen molar-refractivity contribution in [2.24, 2.45) is 4.99 Å². The van der Waals surface area contributed by atoms with Crippen molar-refractivity contribution in [3.8, 4) is 0 Å². The lowest BCUT2D eigenvalue weighted by molar-refractivity contribution is -0.112. The number of nitrogens with zero attached hydrogens (tertiary/aromatic N) is 6. The van der Waals surface area contributed by atoms with Gasteiger partial charge < -0.3 is 14.8 Å². The minimum absolute atomic E-state index is 0.191. The molecule has 1 amide bonds. The highest BCUT2D eigenvalue weighted by Crippen LogP contribution is 2.28. The second-order valence-corrected chi connectivity index (χ2v) is 8.16. The van der Waals surface area contributed by atoms with E-state index in [1.54, 1.807) is 25.5 Å². The first-order chi connectivity index (χ1) is 15.1. The fourth-order valence-corrected chi connectivity index (χ4v) is 4.11. The summed E-state index contributed by atoms with van der Waals surface area (Å²) in [6, 6.07) is 2.25. The molecule has 2 N–H and O–H groups in total. The molecule has 10 heteroatoms. The van der Waals surface area contributed by atoms with Gasteiger partial charge in [0.15, 0.2) is 5.13 Å². The second-order valence-electron chi connectivity index (χ2n) is 7.26. The summed E-state index contributed by atoms with van der Waals surface area (Å²) in [5, 5.41) is 6.19. The number of amides is 1. The van der Waals surface area contributed by atoms with Gasteiger partial charge in [0, 0.05) is 49.5 Å². The first-order valence-electron chi connectivity index (χ1n) is 9.89. The minimum atomic E-state index is -0.191. The zero-order valence-corrected chi connectivity index (χ0v) is 18.3. The molecule has 4 rings (SSSR count). The predicted octanol–water partition coefficient (Wildman–Crippen LogP) is 3.05. The fourth-order valence-electron chi connectivity index (χ4n) is 3.59. The van der Waals surface area contributed by atoms with Gasteiger partial charge in [0.25, 0.3) is 5.91 Å². The van der Waals surface area contributed by atoms with Crippen LogP contribution < -0.4 is 10.2 Å². The van der Waals surface area contributed by atoms with Gasteiger partial charge in [-0.3, -0.25) is 10.1 Å². The van der Waals surface area contributed by atoms with Gasteiger partial charge in [0.1, 0.15) is 23.6 Å². The third-order valence-corrected chi connectivity index (χ3v) is 6.05. The molecule has 3 aromatic heterocycles. The number of nitrogens with one attached hydrogen (secondary N) is 2. The molecule has 160 valence electrons. The van der Waals surface area contributed by atoms with Gasteiger partial charge in [0.05, 0.1) is 5.39 Å². The van der Waals surface area contributed by atoms with Gasteiger partial charge in [-0.05, 0) is 32.2 Å². The Morgan fingerprint density at radius 3 is 3.06 bits per heavy atom. The Bertz CT molecular complexity index is 1130. The average Bonchev–Trinajstić information content (AvgIpc) is 3.54. The fraction of sp³-hybridized carbons (Fsp3) is 0.286. The highest BCUT2D eigenvalue weighted by molar-refractivity contribution is 7.13. The molecule has 0 aliphatic carbocycles. The van der Waals surface area contributed by atoms with E-state index in [0.29, 0.717) is 16.5 Å². The SMILES string of the molecule is C=N/C(=C\C=C(/C)C(=O)Nc1nccs1)N(C)[C@@H]1CCN(c2ncnc3[nH]ccc23)C1. The van der Waals surface area contributed by atoms with Crippen molar-refractivity contribution in [3.63, 3.8) is 0 Å². The maximum absolute atomic E-state index is 12.3. The molecule has 0 aromatic carbocycles. The zero-order chi connectivity index (χ0) is 21.8. The number of thiazole rings is 1. The molecule has 0 bridgehead atoms. The van der Waals surface area contributed by atoms with E-state index in [-0.39, 0.29) is 11.9 Å². The number of aromatic amines is 1. The lowest BCUT2D eigenvalue weighted by atomic mass is 10.2. The van der Waals surface area contributed by atoms with Crippen molar-refractivity contribution in [1.29, 1.82) is 0 Å². The van der Waals surface area contributed by atoms with Gasteiger partial charge in [-0.2, -0.15) is 0 Å². The van der Waals surface area contributed by atoms with Gasteiger partial charge in [-0.1, -0.05) is 6.08 Å². The Labute approximate surface area is 184 Å². The van der Waals surface area contributed by atoms with Gasteiger partial charge >= 0.3 is 0 Å². The summed E-state index contributed by atoms with van der Waals surface area (Å²) in [5.41, 5.74) is 1.40. The van der Waals surface area contributed by atoms with E-state index in [4.69, 9.17) is 0 Å². The van der Waals surface area contributed by atoms with Crippen LogP contribution in [-0.4, -0.2) is 63.6 Å². The molecule has 1 aliphatic rings. The molecule has 1 saturated heterocycles. The summed E-state index contributed by atoms with van der Waals surface area (Å²) in [6.07, 6.45) is 9.66. The first kappa shape index (κ1) is 20.7. The number of carbonyl (C=O) groups is 1. The molecule has 0 spiro atoms. The van der Waals surface area contributed by atoms with Crippen LogP contribution in [0, 0.1) is 0 Å². The minimum Gasteiger partial charge on any atom is -0.355 e. The summed E-state index contributed by atoms with van der Waals surface area (Å²) in [6.45, 7) is 7.17. The number of rotatable bonds is 7. The van der Waals surface area contributed by atoms with Crippen molar-refractivity contribution in [3.05, 3.63) is 53.7 Å². The highest BCUT2D eigenvalue weighted by atomic mass is 32.1. The number of likely N-dealkylation sites (N-methyl/N-ethyl adjacent to an activating group) is 1. The Hall–Kier alpha value is -3.53. The monoisotopic (exact) mass is 436 g/mol. The molecule has 1 fully saturated rings. The number of carbonyl (C=O) groups excluding carboxylic acids is 1. The van der Waals surface area contributed by atoms with E-state index in [2.05, 4.69) is 46.8 Å². The smallest absolute Gasteiger partial charge is 0.253 e. The highest BCUT2D eigenvalue weighted by Gasteiger charge is 2.28. The Kier molecular flexibility index (Phi) is 6.08. The Morgan fingerprint density at radius 1 is 1.42 bits per heavy atom. The number of H-pyrrole nitrogens is 1. The van der Waals surface area contributed by atoms with Crippen LogP contribution in [0.5, 0.6) is 0 Å². The van der Waals surface area contributed by atoms with E-state index in [1.807, 2.05) is 30.8 Å². The summed E-state index contributed by atoms with van der Waals surface area (Å²) < 4.78 is 0. The average molecular weight is 437 g/mol. The van der Waals surface area contributed by atoms with Crippen LogP contribution in [0.2, 0.25) is 0 Å². The van der Waals surface area contributed by atoms with Crippen LogP contribution in [0.1, 0.15) is 13.3 Å². The molecular weight excluding hydrogens is 412 g/mol. The van der Waals surface area contributed by atoms with Crippen molar-refractivity contribution in [2.45, 2.75) is 19.4 Å². The predicted molar refractivity (Wildman–Crippen MR) is 124 cm³/mol. The number of aromatic nitrogens is 4. The largest absolute Gasteiger partial charge is 0.355 e. The molecule has 4 heterocycles. The Balaban J connectivity index is 1.43. The van der Waals surface area contributed by atoms with E-state index in [1.165, 1.54) is 11.3 Å². The van der Waals surface area contributed by atoms with Crippen LogP contribution in [0.15, 0.2) is 58.7 Å². The quantitative estimate of drug-likeness (QED) is 0.335. The van der Waals surface area contributed by atoms with Crippen LogP contribution in [0.25, 0.3) is 11.0 Å². The third-order valence-electron chi connectivity index (χ3n) is 5.36. The van der Waals surface area contributed by atoms with Crippen LogP contribution in [0.4, 0.5) is 10.9 Å². The van der Waals surface area contributed by atoms with Gasteiger partial charge in [-0.15, -0.1) is 11.3 Å². The third kappa shape index (κ3) is 4.48. The topological polar surface area (TPSA) is 102 Å². The summed E-state index contributed by atoms with van der Waals surface area (Å²) in [7, 11) is 2.00. The van der Waals surface area contributed by atoms with E-state index in [9.17, 15) is 4.79 Å². The number of hydrogen-bond acceptors (Lipinski definition) is 8. The van der Waals surface area contributed by atoms with Crippen molar-refractivity contribution >= 4 is 45.9 Å². The first-order valence-corrected chi connectivity index (χ1v) is 10.8. The number of anilines is 2. The molecule has 0 radical (unpaired) electrons. The molecule has 3 aromatic rings. The lowest BCUT2D eigenvalue weighted by Crippen LogP contribution is -2.33. The van der Waals surface area contributed by atoms with Crippen molar-refractivity contribution in [2.75, 3.05) is 30.4 Å². The van der Waals surface area contributed by atoms with Crippen molar-refractivity contribution in [1.82, 2.24) is 24.8 Å². The maximum Gasteiger partial charge on any atom is 0.253 e. The number of aliphatic imine (C=N–C) groups is 1. The standard InChI is InChI=1S/C21H24N8OS/c1-14(20(30)27-21-24-9-11-31-21)4-5-17(22-2)28(3)15-7-10-29(12-15)19-16-6-8-23-18(16)25-13-26-19/h4-6,8-9,11,13,15H,2,7,10,12H2,1,3H3,(H,23,25,26)(H,24,27,30)/b14-4+,17-5+/t15-/m1/s1. The van der Waals surface area contributed by atoms with E-state index in [0.717, 1.165) is 36.4 Å². The molecule has 0 unspecified atom stereocenters. The number of fused-ring (bicyclic) bond motifs is 1. The van der Waals surface area contributed by atoms with Gasteiger partial charge in [-0.25, -0.2) is 19.9 Å². The van der Waals surface area contributed by atoms with Gasteiger partial charge in [0.2, 0.25) is 0 Å². The molecule has 1 aliphatic heterocycles. The molecular formula is C21H24N8OS. The maximum atomic E-state index is 12.3. The zero-order valence-electron chi connectivity index (χ0n) is 17.4. The summed E-state index contributed by atoms with van der Waals surface area (Å²) in [4.78, 5) is 36.8. The molecule has 9 nitrogen and oxygen atoms in total. The molecule has 1 atom stereocenters. The summed E-state index contributed by atoms with van der Waals surface area (Å²) in [5.74, 6) is 1.46. The number of allylic oxidation sites excluding steroid dienone is 2. The van der Waals surface area contributed by atoms with Crippen LogP contribution in [-0.2, 0) is 4.79 Å². The van der Waals surface area contributed by atoms with Crippen LogP contribution >= 0.6 is 11.3 Å². The summed E-state index contributed by atoms with van der Waals surface area (Å²) >= 11 is 1.38. The van der Waals surface area contributed by atoms with E-state index >= 15 is 0 Å². The second kappa shape index (κ2) is 9.09. The Morgan fingerprint density at radius 2 is 2.29 bits per heavy atom.